The third kappa shape index (κ3) is 5.50. The summed E-state index contributed by atoms with van der Waals surface area (Å²) >= 11 is 7.05. The van der Waals surface area contributed by atoms with E-state index in [0.717, 1.165) is 0 Å². The van der Waals surface area contributed by atoms with Crippen LogP contribution in [0.3, 0.4) is 0 Å². The van der Waals surface area contributed by atoms with Crippen molar-refractivity contribution in [3.05, 3.63) is 64.1 Å². The highest BCUT2D eigenvalue weighted by Crippen LogP contribution is 2.20. The van der Waals surface area contributed by atoms with Gasteiger partial charge in [0.1, 0.15) is 12.4 Å². The molecule has 0 aliphatic heterocycles. The van der Waals surface area contributed by atoms with Gasteiger partial charge in [0, 0.05) is 23.2 Å². The molecular weight excluding hydrogens is 388 g/mol. The van der Waals surface area contributed by atoms with Crippen LogP contribution in [0.25, 0.3) is 0 Å². The number of hydrogen-bond donors (Lipinski definition) is 2. The predicted molar refractivity (Wildman–Crippen MR) is 104 cm³/mol. The van der Waals surface area contributed by atoms with Gasteiger partial charge in [-0.25, -0.2) is 0 Å². The Morgan fingerprint density at radius 3 is 2.41 bits per heavy atom. The highest BCUT2D eigenvalue weighted by molar-refractivity contribution is 7.15. The van der Waals surface area contributed by atoms with Gasteiger partial charge in [-0.15, -0.1) is 10.2 Å². The van der Waals surface area contributed by atoms with E-state index >= 15 is 0 Å². The predicted octanol–water partition coefficient (Wildman–Crippen LogP) is 3.98. The molecular formula is C18H15ClN4O3S. The van der Waals surface area contributed by atoms with Gasteiger partial charge in [0.05, 0.1) is 0 Å². The first-order chi connectivity index (χ1) is 13.0. The fraction of sp³-hybridized carbons (Fsp3) is 0.111. The van der Waals surface area contributed by atoms with Crippen LogP contribution in [0.4, 0.5) is 10.8 Å². The van der Waals surface area contributed by atoms with Gasteiger partial charge in [0.2, 0.25) is 11.0 Å². The summed E-state index contributed by atoms with van der Waals surface area (Å²) in [6, 6.07) is 13.5. The average Bonchev–Trinajstić information content (AvgIpc) is 3.08. The molecule has 1 heterocycles. The molecule has 0 radical (unpaired) electrons. The minimum atomic E-state index is -0.314. The van der Waals surface area contributed by atoms with Crippen molar-refractivity contribution in [3.63, 3.8) is 0 Å². The summed E-state index contributed by atoms with van der Waals surface area (Å²) in [5.41, 5.74) is 1.06. The smallest absolute Gasteiger partial charge is 0.257 e. The van der Waals surface area contributed by atoms with Crippen LogP contribution in [0.5, 0.6) is 5.75 Å². The molecule has 0 aliphatic carbocycles. The summed E-state index contributed by atoms with van der Waals surface area (Å²) in [6.45, 7) is 1.66. The number of benzene rings is 2. The van der Waals surface area contributed by atoms with Crippen molar-refractivity contribution in [1.82, 2.24) is 10.2 Å². The zero-order valence-electron chi connectivity index (χ0n) is 14.2. The Kier molecular flexibility index (Phi) is 6.00. The zero-order valence-corrected chi connectivity index (χ0v) is 15.8. The molecule has 0 saturated heterocycles. The number of carbonyl (C=O) groups is 2. The van der Waals surface area contributed by atoms with E-state index in [1.807, 2.05) is 0 Å². The highest BCUT2D eigenvalue weighted by atomic mass is 35.5. The number of amides is 2. The number of halogens is 1. The lowest BCUT2D eigenvalue weighted by molar-refractivity contribution is -0.114. The van der Waals surface area contributed by atoms with Gasteiger partial charge in [-0.2, -0.15) is 0 Å². The molecule has 3 aromatic rings. The van der Waals surface area contributed by atoms with Gasteiger partial charge < -0.3 is 10.1 Å². The van der Waals surface area contributed by atoms with Crippen molar-refractivity contribution < 1.29 is 14.3 Å². The van der Waals surface area contributed by atoms with Crippen LogP contribution in [0.15, 0.2) is 48.5 Å². The Morgan fingerprint density at radius 1 is 1.04 bits per heavy atom. The Labute approximate surface area is 164 Å². The molecule has 2 amide bonds. The highest BCUT2D eigenvalue weighted by Gasteiger charge is 2.11. The molecule has 3 rings (SSSR count). The molecule has 1 aromatic heterocycles. The van der Waals surface area contributed by atoms with Crippen LogP contribution in [0, 0.1) is 0 Å². The van der Waals surface area contributed by atoms with Crippen molar-refractivity contribution in [2.24, 2.45) is 0 Å². The van der Waals surface area contributed by atoms with Crippen LogP contribution in [-0.4, -0.2) is 22.0 Å². The van der Waals surface area contributed by atoms with E-state index < -0.39 is 0 Å². The van der Waals surface area contributed by atoms with Crippen molar-refractivity contribution in [2.45, 2.75) is 13.5 Å². The summed E-state index contributed by atoms with van der Waals surface area (Å²) in [6.07, 6.45) is 0. The normalized spacial score (nSPS) is 10.3. The number of anilines is 2. The SMILES string of the molecule is CC(=O)Nc1ccc(C(=O)Nc2nnc(COc3ccc(Cl)cc3)s2)cc1. The molecule has 2 N–H and O–H groups in total. The molecule has 27 heavy (non-hydrogen) atoms. The average molecular weight is 403 g/mol. The van der Waals surface area contributed by atoms with Gasteiger partial charge >= 0.3 is 0 Å². The topological polar surface area (TPSA) is 93.2 Å². The fourth-order valence-electron chi connectivity index (χ4n) is 2.12. The minimum Gasteiger partial charge on any atom is -0.486 e. The molecule has 0 atom stereocenters. The largest absolute Gasteiger partial charge is 0.486 e. The Bertz CT molecular complexity index is 942. The van der Waals surface area contributed by atoms with E-state index in [1.165, 1.54) is 18.3 Å². The molecule has 0 unspecified atom stereocenters. The lowest BCUT2D eigenvalue weighted by Gasteiger charge is -2.04. The monoisotopic (exact) mass is 402 g/mol. The number of rotatable bonds is 6. The molecule has 0 fully saturated rings. The lowest BCUT2D eigenvalue weighted by Crippen LogP contribution is -2.12. The molecule has 2 aromatic carbocycles. The number of nitrogens with zero attached hydrogens (tertiary/aromatic N) is 2. The number of nitrogens with one attached hydrogen (secondary N) is 2. The molecule has 9 heteroatoms. The first-order valence-corrected chi connectivity index (χ1v) is 9.09. The van der Waals surface area contributed by atoms with Crippen LogP contribution in [0.2, 0.25) is 5.02 Å². The van der Waals surface area contributed by atoms with Gasteiger partial charge in [-0.05, 0) is 48.5 Å². The van der Waals surface area contributed by atoms with Gasteiger partial charge in [0.25, 0.3) is 5.91 Å². The van der Waals surface area contributed by atoms with E-state index in [0.29, 0.717) is 32.2 Å². The second-order valence-corrected chi connectivity index (χ2v) is 6.95. The van der Waals surface area contributed by atoms with Gasteiger partial charge in [-0.1, -0.05) is 22.9 Å². The maximum atomic E-state index is 12.3. The van der Waals surface area contributed by atoms with Gasteiger partial charge in [-0.3, -0.25) is 14.9 Å². The molecule has 0 saturated carbocycles. The second kappa shape index (κ2) is 8.61. The van der Waals surface area contributed by atoms with E-state index in [9.17, 15) is 9.59 Å². The third-order valence-electron chi connectivity index (χ3n) is 3.33. The minimum absolute atomic E-state index is 0.172. The van der Waals surface area contributed by atoms with E-state index in [1.54, 1.807) is 48.5 Å². The van der Waals surface area contributed by atoms with E-state index in [2.05, 4.69) is 20.8 Å². The first kappa shape index (κ1) is 18.8. The fourth-order valence-corrected chi connectivity index (χ4v) is 2.89. The van der Waals surface area contributed by atoms with Gasteiger partial charge in [0.15, 0.2) is 5.01 Å². The van der Waals surface area contributed by atoms with Crippen molar-refractivity contribution in [2.75, 3.05) is 10.6 Å². The number of carbonyl (C=O) groups excluding carboxylic acids is 2. The van der Waals surface area contributed by atoms with Crippen molar-refractivity contribution >= 4 is 45.6 Å². The lowest BCUT2D eigenvalue weighted by atomic mass is 10.2. The quantitative estimate of drug-likeness (QED) is 0.650. The zero-order chi connectivity index (χ0) is 19.2. The molecule has 0 aliphatic rings. The molecule has 7 nitrogen and oxygen atoms in total. The van der Waals surface area contributed by atoms with Crippen LogP contribution < -0.4 is 15.4 Å². The Balaban J connectivity index is 1.55. The van der Waals surface area contributed by atoms with E-state index in [-0.39, 0.29) is 18.4 Å². The maximum Gasteiger partial charge on any atom is 0.257 e. The number of aromatic nitrogens is 2. The Hall–Kier alpha value is -2.97. The van der Waals surface area contributed by atoms with Crippen molar-refractivity contribution in [3.8, 4) is 5.75 Å². The summed E-state index contributed by atoms with van der Waals surface area (Å²) < 4.78 is 5.60. The van der Waals surface area contributed by atoms with Crippen LogP contribution >= 0.6 is 22.9 Å². The molecule has 0 spiro atoms. The standard InChI is InChI=1S/C18H15ClN4O3S/c1-11(24)20-14-6-2-12(3-7-14)17(25)21-18-23-22-16(27-18)10-26-15-8-4-13(19)5-9-15/h2-9H,10H2,1H3,(H,20,24)(H,21,23,25). The molecule has 0 bridgehead atoms. The summed E-state index contributed by atoms with van der Waals surface area (Å²) in [7, 11) is 0. The van der Waals surface area contributed by atoms with Crippen LogP contribution in [0.1, 0.15) is 22.3 Å². The maximum absolute atomic E-state index is 12.3. The summed E-state index contributed by atoms with van der Waals surface area (Å²) in [5.74, 6) is 0.180. The Morgan fingerprint density at radius 2 is 1.74 bits per heavy atom. The first-order valence-electron chi connectivity index (χ1n) is 7.89. The summed E-state index contributed by atoms with van der Waals surface area (Å²) in [5, 5.41) is 14.9. The van der Waals surface area contributed by atoms with Crippen molar-refractivity contribution in [1.29, 1.82) is 0 Å². The molecule has 138 valence electrons. The van der Waals surface area contributed by atoms with Crippen LogP contribution in [-0.2, 0) is 11.4 Å². The number of ether oxygens (including phenoxy) is 1. The third-order valence-corrected chi connectivity index (χ3v) is 4.39. The number of hydrogen-bond acceptors (Lipinski definition) is 6. The van der Waals surface area contributed by atoms with E-state index in [4.69, 9.17) is 16.3 Å². The summed E-state index contributed by atoms with van der Waals surface area (Å²) in [4.78, 5) is 23.3. The second-order valence-electron chi connectivity index (χ2n) is 5.46.